The topological polar surface area (TPSA) is 7.98 Å². The number of hydrogen-bond donors (Lipinski definition) is 0. The van der Waals surface area contributed by atoms with Gasteiger partial charge >= 0.3 is 0 Å². The molecule has 1 aliphatic rings. The summed E-state index contributed by atoms with van der Waals surface area (Å²) in [5.74, 6) is 0. The molecular weight excluding hydrogens is 773 g/mol. The van der Waals surface area contributed by atoms with Gasteiger partial charge in [-0.15, -0.1) is 0 Å². The lowest BCUT2D eigenvalue weighted by atomic mass is 9.57. The summed E-state index contributed by atoms with van der Waals surface area (Å²) < 4.78 is 4.99. The fraction of sp³-hybridized carbons (Fsp3) is 0.226. The van der Waals surface area contributed by atoms with Gasteiger partial charge in [-0.25, -0.2) is 0 Å². The first-order chi connectivity index (χ1) is 31.3. The highest BCUT2D eigenvalue weighted by atomic mass is 15.1. The summed E-state index contributed by atoms with van der Waals surface area (Å²) in [4.78, 5) is 0. The average molecular weight is 833 g/mol. The van der Waals surface area contributed by atoms with Crippen LogP contribution < -0.4 is 8.97 Å². The Bertz CT molecular complexity index is 3160. The summed E-state index contributed by atoms with van der Waals surface area (Å²) in [6.45, 7) is 11.9. The molecule has 4 heterocycles. The Balaban J connectivity index is 1.11. The molecule has 0 fully saturated rings. The fourth-order valence-electron chi connectivity index (χ4n) is 11.2. The molecule has 0 aliphatic carbocycles. The highest BCUT2D eigenvalue weighted by Crippen LogP contribution is 2.53. The van der Waals surface area contributed by atoms with Crippen LogP contribution in [-0.4, -0.2) is 0 Å². The van der Waals surface area contributed by atoms with E-state index < -0.39 is 0 Å². The maximum Gasteiger partial charge on any atom is 0.218 e. The molecule has 0 N–H and O–H groups in total. The minimum absolute atomic E-state index is 0.175. The van der Waals surface area contributed by atoms with E-state index in [0.29, 0.717) is 0 Å². The Morgan fingerprint density at radius 3 is 1.89 bits per heavy atom. The molecule has 2 unspecified atom stereocenters. The van der Waals surface area contributed by atoms with Crippen molar-refractivity contribution in [3.63, 3.8) is 0 Å². The van der Waals surface area contributed by atoms with Gasteiger partial charge in [-0.2, -0.15) is 8.97 Å². The lowest BCUT2D eigenvalue weighted by Gasteiger charge is -2.48. The number of pyridine rings is 3. The second-order valence-electron chi connectivity index (χ2n) is 18.6. The first-order valence-corrected chi connectivity index (χ1v) is 23.7. The Morgan fingerprint density at radius 1 is 0.500 bits per heavy atom. The fourth-order valence-corrected chi connectivity index (χ4v) is 11.2. The van der Waals surface area contributed by atoms with Crippen molar-refractivity contribution in [3.05, 3.63) is 211 Å². The second-order valence-corrected chi connectivity index (χ2v) is 18.6. The second kappa shape index (κ2) is 17.1. The van der Waals surface area contributed by atoms with Gasteiger partial charge in [0.05, 0.1) is 16.4 Å². The lowest BCUT2D eigenvalue weighted by molar-refractivity contribution is -0.766. The first-order valence-electron chi connectivity index (χ1n) is 23.7. The summed E-state index contributed by atoms with van der Waals surface area (Å²) in [5.41, 5.74) is 19.0. The van der Waals surface area contributed by atoms with Crippen LogP contribution in [-0.2, 0) is 23.8 Å². The average Bonchev–Trinajstić information content (AvgIpc) is 3.35. The monoisotopic (exact) mass is 832 g/mol. The van der Waals surface area contributed by atoms with Gasteiger partial charge in [-0.3, -0.25) is 0 Å². The van der Waals surface area contributed by atoms with Crippen LogP contribution in [0.5, 0.6) is 0 Å². The van der Waals surface area contributed by atoms with E-state index in [9.17, 15) is 0 Å². The molecule has 0 amide bonds. The summed E-state index contributed by atoms with van der Waals surface area (Å²) in [7, 11) is 0. The largest absolute Gasteiger partial charge is 0.218 e. The molecule has 1 aliphatic heterocycles. The van der Waals surface area contributed by atoms with Crippen LogP contribution in [0.1, 0.15) is 82.1 Å². The number of fused-ring (bicyclic) bond motifs is 6. The molecule has 6 aromatic carbocycles. The maximum absolute atomic E-state index is 2.65. The van der Waals surface area contributed by atoms with Crippen molar-refractivity contribution in [2.45, 2.75) is 90.5 Å². The molecule has 10 rings (SSSR count). The lowest BCUT2D eigenvalue weighted by Crippen LogP contribution is -2.69. The van der Waals surface area contributed by atoms with Crippen molar-refractivity contribution in [1.29, 1.82) is 0 Å². The molecule has 2 atom stereocenters. The Hall–Kier alpha value is -6.64. The normalized spacial score (nSPS) is 16.8. The molecule has 3 aromatic heterocycles. The zero-order chi connectivity index (χ0) is 43.8. The quantitative estimate of drug-likeness (QED) is 0.0658. The van der Waals surface area contributed by atoms with E-state index in [1.54, 1.807) is 0 Å². The third-order valence-corrected chi connectivity index (χ3v) is 14.9. The predicted octanol–water partition coefficient (Wildman–Crippen LogP) is 15.3. The molecule has 0 radical (unpaired) electrons. The third-order valence-electron chi connectivity index (χ3n) is 14.9. The molecule has 316 valence electrons. The molecule has 9 aromatic rings. The van der Waals surface area contributed by atoms with Crippen molar-refractivity contribution < 1.29 is 8.97 Å². The zero-order valence-corrected chi connectivity index (χ0v) is 38.2. The van der Waals surface area contributed by atoms with Gasteiger partial charge in [0.25, 0.3) is 0 Å². The minimum Gasteiger partial charge on any atom is -0.192 e. The van der Waals surface area contributed by atoms with Gasteiger partial charge in [0.2, 0.25) is 11.2 Å². The van der Waals surface area contributed by atoms with E-state index in [2.05, 4.69) is 232 Å². The van der Waals surface area contributed by atoms with Crippen molar-refractivity contribution in [3.8, 4) is 55.8 Å². The van der Waals surface area contributed by atoms with E-state index in [4.69, 9.17) is 0 Å². The molecule has 0 saturated heterocycles. The van der Waals surface area contributed by atoms with Gasteiger partial charge < -0.3 is 0 Å². The summed E-state index contributed by atoms with van der Waals surface area (Å²) in [5, 5.41) is 2.65. The smallest absolute Gasteiger partial charge is 0.192 e. The van der Waals surface area contributed by atoms with Crippen molar-refractivity contribution >= 4 is 16.3 Å². The Kier molecular flexibility index (Phi) is 11.1. The van der Waals surface area contributed by atoms with E-state index in [0.717, 1.165) is 25.7 Å². The number of aryl methyl sites for hydroxylation is 2. The van der Waals surface area contributed by atoms with E-state index >= 15 is 0 Å². The molecule has 64 heavy (non-hydrogen) atoms. The van der Waals surface area contributed by atoms with Crippen LogP contribution >= 0.6 is 0 Å². The molecule has 0 spiro atoms. The summed E-state index contributed by atoms with van der Waals surface area (Å²) in [6, 6.07) is 64.0. The summed E-state index contributed by atoms with van der Waals surface area (Å²) in [6.07, 6.45) is 14.8. The molecule has 2 nitrogen and oxygen atoms in total. The van der Waals surface area contributed by atoms with Gasteiger partial charge in [0.1, 0.15) is 0 Å². The molecular formula is C62H60N2+2. The standard InChI is InChI=1S/C62H60N2/c1-6-9-11-20-45-21-18-24-47(35-45)52-37-51(46-22-12-10-13-23-46)38-53(39-52)49-26-19-25-48(36-49)50-31-32-58-57(40-50)60-33-30-44(4)42-64(60)61(5,7-2)62(58,8-3)41-54-43-63-34-17-16-29-59(63)56-28-15-14-27-55(54)56/h10,12-19,21-40,42-43H,6-9,11,20,41H2,1-5H3/q+2. The maximum atomic E-state index is 2.65. The van der Waals surface area contributed by atoms with E-state index in [-0.39, 0.29) is 11.0 Å². The highest BCUT2D eigenvalue weighted by molar-refractivity contribution is 5.95. The minimum atomic E-state index is -0.184. The zero-order valence-electron chi connectivity index (χ0n) is 38.2. The van der Waals surface area contributed by atoms with Crippen molar-refractivity contribution in [2.24, 2.45) is 0 Å². The van der Waals surface area contributed by atoms with Gasteiger partial charge in [0, 0.05) is 42.7 Å². The van der Waals surface area contributed by atoms with E-state index in [1.165, 1.54) is 114 Å². The van der Waals surface area contributed by atoms with Crippen molar-refractivity contribution in [2.75, 3.05) is 0 Å². The number of rotatable bonds is 12. The highest BCUT2D eigenvalue weighted by Gasteiger charge is 2.59. The number of nitrogens with zero attached hydrogens (tertiary/aromatic N) is 2. The van der Waals surface area contributed by atoms with Crippen LogP contribution in [0.4, 0.5) is 0 Å². The van der Waals surface area contributed by atoms with E-state index in [1.807, 2.05) is 0 Å². The molecule has 0 bridgehead atoms. The van der Waals surface area contributed by atoms with Crippen molar-refractivity contribution in [1.82, 2.24) is 0 Å². The van der Waals surface area contributed by atoms with Crippen LogP contribution in [0.2, 0.25) is 0 Å². The Labute approximate surface area is 380 Å². The number of benzene rings is 6. The van der Waals surface area contributed by atoms with Crippen LogP contribution in [0.3, 0.4) is 0 Å². The molecule has 2 heteroatoms. The predicted molar refractivity (Wildman–Crippen MR) is 269 cm³/mol. The number of aromatic nitrogens is 2. The summed E-state index contributed by atoms with van der Waals surface area (Å²) >= 11 is 0. The first kappa shape index (κ1) is 41.4. The van der Waals surface area contributed by atoms with Crippen LogP contribution in [0.25, 0.3) is 72.1 Å². The number of hydrogen-bond acceptors (Lipinski definition) is 0. The van der Waals surface area contributed by atoms with Gasteiger partial charge in [-0.1, -0.05) is 137 Å². The van der Waals surface area contributed by atoms with Crippen LogP contribution in [0.15, 0.2) is 188 Å². The van der Waals surface area contributed by atoms with Gasteiger partial charge in [0.15, 0.2) is 24.1 Å². The SMILES string of the molecule is CCCCCc1cccc(-c2cc(-c3ccccc3)cc(-c3cccc(-c4ccc5c(c4)-c4ccc(C)c[n+]4C(C)(CC)C5(CC)Cc4c[n+]5ccccc5c5ccccc45)c3)c2)c1. The van der Waals surface area contributed by atoms with Crippen LogP contribution in [0, 0.1) is 6.92 Å². The molecule has 0 saturated carbocycles. The number of unbranched alkanes of at least 4 members (excludes halogenated alkanes) is 2. The third kappa shape index (κ3) is 7.24. The van der Waals surface area contributed by atoms with Gasteiger partial charge in [-0.05, 0) is 142 Å². The Morgan fingerprint density at radius 2 is 1.14 bits per heavy atom.